The van der Waals surface area contributed by atoms with Crippen LogP contribution in [0.4, 0.5) is 0 Å². The molecule has 0 fully saturated rings. The molecule has 0 aliphatic rings. The van der Waals surface area contributed by atoms with Gasteiger partial charge in [-0.1, -0.05) is 30.3 Å². The van der Waals surface area contributed by atoms with Gasteiger partial charge in [-0.25, -0.2) is 0 Å². The van der Waals surface area contributed by atoms with Crippen LogP contribution < -0.4 is 5.73 Å². The van der Waals surface area contributed by atoms with E-state index in [0.29, 0.717) is 18.1 Å². The molecule has 0 saturated carbocycles. The number of hydrogen-bond donors (Lipinski definition) is 1. The summed E-state index contributed by atoms with van der Waals surface area (Å²) in [4.78, 5) is 4.40. The van der Waals surface area contributed by atoms with E-state index < -0.39 is 5.54 Å². The van der Waals surface area contributed by atoms with E-state index in [1.165, 1.54) is 16.7 Å². The molecule has 1 atom stereocenters. The lowest BCUT2D eigenvalue weighted by Gasteiger charge is -2.16. The second kappa shape index (κ2) is 5.13. The molecule has 1 unspecified atom stereocenters. The average molecular weight is 259 g/mol. The zero-order chi connectivity index (χ0) is 14.0. The molecule has 19 heavy (non-hydrogen) atoms. The monoisotopic (exact) mass is 259 g/mol. The Labute approximate surface area is 114 Å². The maximum absolute atomic E-state index is 6.09. The summed E-state index contributed by atoms with van der Waals surface area (Å²) in [5, 5.41) is 4.01. The predicted molar refractivity (Wildman–Crippen MR) is 74.9 cm³/mol. The quantitative estimate of drug-likeness (QED) is 0.917. The van der Waals surface area contributed by atoms with Gasteiger partial charge in [-0.3, -0.25) is 0 Å². The van der Waals surface area contributed by atoms with Crippen molar-refractivity contribution in [1.29, 1.82) is 0 Å². The fourth-order valence-electron chi connectivity index (χ4n) is 1.81. The molecule has 4 nitrogen and oxygen atoms in total. The second-order valence-electron chi connectivity index (χ2n) is 5.38. The molecule has 0 aliphatic carbocycles. The molecule has 0 aliphatic heterocycles. The number of aromatic nitrogens is 2. The fourth-order valence-corrected chi connectivity index (χ4v) is 1.81. The van der Waals surface area contributed by atoms with E-state index in [4.69, 9.17) is 10.3 Å². The van der Waals surface area contributed by atoms with Gasteiger partial charge in [0.25, 0.3) is 0 Å². The van der Waals surface area contributed by atoms with Crippen LogP contribution in [0.1, 0.15) is 48.7 Å². The van der Waals surface area contributed by atoms with Gasteiger partial charge in [0.15, 0.2) is 5.82 Å². The Bertz CT molecular complexity index is 573. The highest BCUT2D eigenvalue weighted by Crippen LogP contribution is 2.20. The first-order valence-corrected chi connectivity index (χ1v) is 6.60. The van der Waals surface area contributed by atoms with Crippen molar-refractivity contribution in [1.82, 2.24) is 10.1 Å². The Hall–Kier alpha value is -1.68. The van der Waals surface area contributed by atoms with Gasteiger partial charge in [0, 0.05) is 6.42 Å². The SMILES string of the molecule is CCC(C)(N)c1nc(Cc2ccc(C)c(C)c2)no1. The van der Waals surface area contributed by atoms with Crippen LogP contribution in [0.5, 0.6) is 0 Å². The molecule has 102 valence electrons. The highest BCUT2D eigenvalue weighted by atomic mass is 16.5. The van der Waals surface area contributed by atoms with Crippen LogP contribution >= 0.6 is 0 Å². The third kappa shape index (κ3) is 3.01. The standard InChI is InChI=1S/C15H21N3O/c1-5-15(4,16)14-17-13(18-19-14)9-12-7-6-10(2)11(3)8-12/h6-8H,5,9,16H2,1-4H3. The van der Waals surface area contributed by atoms with Gasteiger partial charge in [0.2, 0.25) is 5.89 Å². The third-order valence-electron chi connectivity index (χ3n) is 3.62. The van der Waals surface area contributed by atoms with Crippen molar-refractivity contribution in [3.05, 3.63) is 46.6 Å². The normalized spacial score (nSPS) is 14.4. The van der Waals surface area contributed by atoms with Gasteiger partial charge in [0.1, 0.15) is 0 Å². The van der Waals surface area contributed by atoms with Gasteiger partial charge >= 0.3 is 0 Å². The Morgan fingerprint density at radius 1 is 1.26 bits per heavy atom. The molecule has 1 heterocycles. The summed E-state index contributed by atoms with van der Waals surface area (Å²) >= 11 is 0. The third-order valence-corrected chi connectivity index (χ3v) is 3.62. The van der Waals surface area contributed by atoms with Crippen molar-refractivity contribution < 1.29 is 4.52 Å². The van der Waals surface area contributed by atoms with E-state index in [9.17, 15) is 0 Å². The summed E-state index contributed by atoms with van der Waals surface area (Å²) in [6.45, 7) is 8.12. The first-order valence-electron chi connectivity index (χ1n) is 6.60. The highest BCUT2D eigenvalue weighted by Gasteiger charge is 2.26. The summed E-state index contributed by atoms with van der Waals surface area (Å²) in [6, 6.07) is 6.37. The number of hydrogen-bond acceptors (Lipinski definition) is 4. The fraction of sp³-hybridized carbons (Fsp3) is 0.467. The van der Waals surface area contributed by atoms with Crippen LogP contribution in [0.2, 0.25) is 0 Å². The number of benzene rings is 1. The zero-order valence-electron chi connectivity index (χ0n) is 12.0. The topological polar surface area (TPSA) is 64.9 Å². The van der Waals surface area contributed by atoms with Crippen LogP contribution in [0.3, 0.4) is 0 Å². The van der Waals surface area contributed by atoms with Crippen LogP contribution in [-0.2, 0) is 12.0 Å². The lowest BCUT2D eigenvalue weighted by molar-refractivity contribution is 0.290. The molecule has 1 aromatic carbocycles. The van der Waals surface area contributed by atoms with Gasteiger partial charge in [-0.15, -0.1) is 0 Å². The molecule has 0 bridgehead atoms. The molecular weight excluding hydrogens is 238 g/mol. The molecule has 2 N–H and O–H groups in total. The van der Waals surface area contributed by atoms with Crippen molar-refractivity contribution in [3.63, 3.8) is 0 Å². The zero-order valence-corrected chi connectivity index (χ0v) is 12.0. The molecule has 4 heteroatoms. The predicted octanol–water partition coefficient (Wildman–Crippen LogP) is 2.86. The molecule has 0 amide bonds. The minimum Gasteiger partial charge on any atom is -0.337 e. The van der Waals surface area contributed by atoms with E-state index in [2.05, 4.69) is 42.2 Å². The second-order valence-corrected chi connectivity index (χ2v) is 5.38. The van der Waals surface area contributed by atoms with E-state index in [-0.39, 0.29) is 0 Å². The van der Waals surface area contributed by atoms with Crippen LogP contribution in [-0.4, -0.2) is 10.1 Å². The minimum atomic E-state index is -0.547. The molecule has 0 spiro atoms. The van der Waals surface area contributed by atoms with E-state index in [1.54, 1.807) is 0 Å². The average Bonchev–Trinajstić information content (AvgIpc) is 2.83. The Balaban J connectivity index is 2.18. The molecule has 0 saturated heterocycles. The maximum Gasteiger partial charge on any atom is 0.246 e. The van der Waals surface area contributed by atoms with Crippen LogP contribution in [0, 0.1) is 13.8 Å². The van der Waals surface area contributed by atoms with Crippen LogP contribution in [0.15, 0.2) is 22.7 Å². The van der Waals surface area contributed by atoms with Gasteiger partial charge in [0.05, 0.1) is 5.54 Å². The number of rotatable bonds is 4. The number of aryl methyl sites for hydroxylation is 2. The summed E-state index contributed by atoms with van der Waals surface area (Å²) < 4.78 is 5.26. The maximum atomic E-state index is 6.09. The summed E-state index contributed by atoms with van der Waals surface area (Å²) in [5.74, 6) is 1.19. The summed E-state index contributed by atoms with van der Waals surface area (Å²) in [6.07, 6.45) is 1.43. The largest absolute Gasteiger partial charge is 0.337 e. The van der Waals surface area contributed by atoms with Crippen molar-refractivity contribution in [2.75, 3.05) is 0 Å². The lowest BCUT2D eigenvalue weighted by atomic mass is 10.0. The van der Waals surface area contributed by atoms with E-state index >= 15 is 0 Å². The minimum absolute atomic E-state index is 0.508. The highest BCUT2D eigenvalue weighted by molar-refractivity contribution is 5.31. The van der Waals surface area contributed by atoms with Gasteiger partial charge in [-0.2, -0.15) is 4.98 Å². The van der Waals surface area contributed by atoms with Crippen molar-refractivity contribution in [3.8, 4) is 0 Å². The molecular formula is C15H21N3O. The first kappa shape index (κ1) is 13.7. The number of nitrogens with two attached hydrogens (primary N) is 1. The Kier molecular flexibility index (Phi) is 3.71. The summed E-state index contributed by atoms with van der Waals surface area (Å²) in [5.41, 5.74) is 9.30. The van der Waals surface area contributed by atoms with Gasteiger partial charge < -0.3 is 10.3 Å². The molecule has 2 aromatic rings. The van der Waals surface area contributed by atoms with Crippen molar-refractivity contribution in [2.24, 2.45) is 5.73 Å². The van der Waals surface area contributed by atoms with E-state index in [0.717, 1.165) is 6.42 Å². The lowest BCUT2D eigenvalue weighted by Crippen LogP contribution is -2.32. The number of nitrogens with zero attached hydrogens (tertiary/aromatic N) is 2. The molecule has 2 rings (SSSR count). The van der Waals surface area contributed by atoms with Crippen LogP contribution in [0.25, 0.3) is 0 Å². The van der Waals surface area contributed by atoms with Gasteiger partial charge in [-0.05, 0) is 43.9 Å². The molecule has 0 radical (unpaired) electrons. The Morgan fingerprint density at radius 3 is 2.63 bits per heavy atom. The Morgan fingerprint density at radius 2 is 2.00 bits per heavy atom. The molecule has 1 aromatic heterocycles. The van der Waals surface area contributed by atoms with Crippen molar-refractivity contribution in [2.45, 2.75) is 46.1 Å². The smallest absolute Gasteiger partial charge is 0.246 e. The first-order chi connectivity index (χ1) is 8.92. The summed E-state index contributed by atoms with van der Waals surface area (Å²) in [7, 11) is 0. The van der Waals surface area contributed by atoms with Crippen molar-refractivity contribution >= 4 is 0 Å². The van der Waals surface area contributed by atoms with E-state index in [1.807, 2.05) is 13.8 Å².